The number of benzene rings is 2. The molecule has 0 saturated carbocycles. The Morgan fingerprint density at radius 2 is 1.67 bits per heavy atom. The predicted octanol–water partition coefficient (Wildman–Crippen LogP) is 3.09. The van der Waals surface area contributed by atoms with Gasteiger partial charge in [0, 0.05) is 6.54 Å². The monoisotopic (exact) mass is 283 g/mol. The van der Waals surface area contributed by atoms with Crippen LogP contribution in [0.1, 0.15) is 22.3 Å². The van der Waals surface area contributed by atoms with Crippen LogP contribution in [0.4, 0.5) is 0 Å². The first-order valence-corrected chi connectivity index (χ1v) is 7.12. The lowest BCUT2D eigenvalue weighted by atomic mass is 10.0. The van der Waals surface area contributed by atoms with Crippen LogP contribution in [0.5, 0.6) is 0 Å². The van der Waals surface area contributed by atoms with E-state index in [1.807, 2.05) is 30.3 Å². The molecule has 0 unspecified atom stereocenters. The Kier molecular flexibility index (Phi) is 5.12. The number of nitrogens with one attached hydrogen (secondary N) is 1. The Balaban J connectivity index is 2.02. The standard InChI is InChI=1S/C18H21NO2/c1-13-8-14(2)10-16(9-13)12-19-17(18(20)21)11-15-6-4-3-5-7-15/h3-10,17,19H,11-12H2,1-2H3,(H,20,21)/t17-/m1/s1. The van der Waals surface area contributed by atoms with Crippen LogP contribution in [0.2, 0.25) is 0 Å². The molecule has 2 aromatic carbocycles. The number of carboxylic acids is 1. The fourth-order valence-electron chi connectivity index (χ4n) is 2.51. The molecule has 3 heteroatoms. The molecular formula is C18H21NO2. The molecular weight excluding hydrogens is 262 g/mol. The van der Waals surface area contributed by atoms with Gasteiger partial charge in [0.05, 0.1) is 0 Å². The third-order valence-electron chi connectivity index (χ3n) is 3.41. The first-order chi connectivity index (χ1) is 10.0. The minimum absolute atomic E-state index is 0.487. The fraction of sp³-hybridized carbons (Fsp3) is 0.278. The molecule has 0 heterocycles. The van der Waals surface area contributed by atoms with E-state index in [9.17, 15) is 9.90 Å². The molecule has 2 rings (SSSR count). The first kappa shape index (κ1) is 15.3. The maximum atomic E-state index is 11.4. The molecule has 0 aliphatic carbocycles. The molecule has 0 aliphatic heterocycles. The molecule has 3 nitrogen and oxygen atoms in total. The lowest BCUT2D eigenvalue weighted by Crippen LogP contribution is -2.38. The van der Waals surface area contributed by atoms with E-state index in [1.54, 1.807) is 0 Å². The van der Waals surface area contributed by atoms with Crippen LogP contribution < -0.4 is 5.32 Å². The zero-order valence-electron chi connectivity index (χ0n) is 12.5. The summed E-state index contributed by atoms with van der Waals surface area (Å²) in [6, 6.07) is 15.4. The second kappa shape index (κ2) is 7.04. The van der Waals surface area contributed by atoms with Crippen LogP contribution in [0, 0.1) is 13.8 Å². The SMILES string of the molecule is Cc1cc(C)cc(CN[C@H](Cc2ccccc2)C(=O)O)c1. The fourth-order valence-corrected chi connectivity index (χ4v) is 2.51. The summed E-state index contributed by atoms with van der Waals surface area (Å²) in [4.78, 5) is 11.4. The zero-order chi connectivity index (χ0) is 15.2. The van der Waals surface area contributed by atoms with Crippen molar-refractivity contribution in [3.8, 4) is 0 Å². The van der Waals surface area contributed by atoms with Crippen molar-refractivity contribution in [2.75, 3.05) is 0 Å². The third kappa shape index (κ3) is 4.72. The number of aliphatic carboxylic acids is 1. The number of carboxylic acid groups (broad SMARTS) is 1. The maximum absolute atomic E-state index is 11.4. The van der Waals surface area contributed by atoms with Gasteiger partial charge in [-0.3, -0.25) is 4.79 Å². The van der Waals surface area contributed by atoms with Crippen LogP contribution in [-0.4, -0.2) is 17.1 Å². The van der Waals surface area contributed by atoms with Gasteiger partial charge in [-0.1, -0.05) is 59.7 Å². The molecule has 2 N–H and O–H groups in total. The van der Waals surface area contributed by atoms with Crippen LogP contribution in [0.3, 0.4) is 0 Å². The smallest absolute Gasteiger partial charge is 0.321 e. The van der Waals surface area contributed by atoms with Crippen molar-refractivity contribution in [3.63, 3.8) is 0 Å². The van der Waals surface area contributed by atoms with Crippen molar-refractivity contribution in [1.82, 2.24) is 5.32 Å². The Labute approximate surface area is 125 Å². The van der Waals surface area contributed by atoms with Crippen molar-refractivity contribution in [2.24, 2.45) is 0 Å². The summed E-state index contributed by atoms with van der Waals surface area (Å²) in [5, 5.41) is 12.5. The van der Waals surface area contributed by atoms with E-state index < -0.39 is 12.0 Å². The number of hydrogen-bond acceptors (Lipinski definition) is 2. The molecule has 0 fully saturated rings. The average Bonchev–Trinajstić information content (AvgIpc) is 2.43. The second-order valence-electron chi connectivity index (χ2n) is 5.46. The largest absolute Gasteiger partial charge is 0.480 e. The van der Waals surface area contributed by atoms with E-state index in [1.165, 1.54) is 11.1 Å². The molecule has 0 aliphatic rings. The molecule has 2 aromatic rings. The molecule has 0 spiro atoms. The number of rotatable bonds is 6. The highest BCUT2D eigenvalue weighted by Gasteiger charge is 2.17. The van der Waals surface area contributed by atoms with Gasteiger partial charge in [0.15, 0.2) is 0 Å². The van der Waals surface area contributed by atoms with Crippen LogP contribution in [0.25, 0.3) is 0 Å². The lowest BCUT2D eigenvalue weighted by molar-refractivity contribution is -0.139. The minimum atomic E-state index is -0.816. The quantitative estimate of drug-likeness (QED) is 0.856. The van der Waals surface area contributed by atoms with E-state index in [0.717, 1.165) is 11.1 Å². The summed E-state index contributed by atoms with van der Waals surface area (Å²) in [5.74, 6) is -0.816. The number of carbonyl (C=O) groups is 1. The highest BCUT2D eigenvalue weighted by atomic mass is 16.4. The molecule has 0 bridgehead atoms. The topological polar surface area (TPSA) is 49.3 Å². The van der Waals surface area contributed by atoms with Gasteiger partial charge in [-0.15, -0.1) is 0 Å². The van der Waals surface area contributed by atoms with Gasteiger partial charge >= 0.3 is 5.97 Å². The van der Waals surface area contributed by atoms with Gasteiger partial charge in [-0.05, 0) is 31.4 Å². The normalized spacial score (nSPS) is 12.1. The van der Waals surface area contributed by atoms with Gasteiger partial charge in [-0.25, -0.2) is 0 Å². The maximum Gasteiger partial charge on any atom is 0.321 e. The third-order valence-corrected chi connectivity index (χ3v) is 3.41. The number of hydrogen-bond donors (Lipinski definition) is 2. The van der Waals surface area contributed by atoms with Gasteiger partial charge in [0.1, 0.15) is 6.04 Å². The Morgan fingerprint density at radius 1 is 1.05 bits per heavy atom. The summed E-state index contributed by atoms with van der Waals surface area (Å²) < 4.78 is 0. The zero-order valence-corrected chi connectivity index (χ0v) is 12.5. The van der Waals surface area contributed by atoms with E-state index in [4.69, 9.17) is 0 Å². The van der Waals surface area contributed by atoms with Gasteiger partial charge in [0.2, 0.25) is 0 Å². The molecule has 110 valence electrons. The van der Waals surface area contributed by atoms with Crippen LogP contribution >= 0.6 is 0 Å². The predicted molar refractivity (Wildman–Crippen MR) is 84.3 cm³/mol. The van der Waals surface area contributed by atoms with Crippen LogP contribution in [0.15, 0.2) is 48.5 Å². The van der Waals surface area contributed by atoms with E-state index >= 15 is 0 Å². The Bertz CT molecular complexity index is 588. The average molecular weight is 283 g/mol. The second-order valence-corrected chi connectivity index (χ2v) is 5.46. The summed E-state index contributed by atoms with van der Waals surface area (Å²) in [7, 11) is 0. The number of aryl methyl sites for hydroxylation is 2. The summed E-state index contributed by atoms with van der Waals surface area (Å²) in [6.07, 6.45) is 0.487. The molecule has 0 aromatic heterocycles. The summed E-state index contributed by atoms with van der Waals surface area (Å²) >= 11 is 0. The first-order valence-electron chi connectivity index (χ1n) is 7.12. The van der Waals surface area contributed by atoms with Crippen molar-refractivity contribution < 1.29 is 9.90 Å². The van der Waals surface area contributed by atoms with Crippen molar-refractivity contribution in [2.45, 2.75) is 32.9 Å². The summed E-state index contributed by atoms with van der Waals surface area (Å²) in [5.41, 5.74) is 4.54. The van der Waals surface area contributed by atoms with E-state index in [0.29, 0.717) is 13.0 Å². The highest BCUT2D eigenvalue weighted by Crippen LogP contribution is 2.10. The van der Waals surface area contributed by atoms with Gasteiger partial charge in [-0.2, -0.15) is 0 Å². The van der Waals surface area contributed by atoms with Crippen molar-refractivity contribution >= 4 is 5.97 Å². The Morgan fingerprint density at radius 3 is 2.24 bits per heavy atom. The molecule has 21 heavy (non-hydrogen) atoms. The van der Waals surface area contributed by atoms with E-state index in [-0.39, 0.29) is 0 Å². The minimum Gasteiger partial charge on any atom is -0.480 e. The molecule has 0 saturated heterocycles. The lowest BCUT2D eigenvalue weighted by Gasteiger charge is -2.15. The highest BCUT2D eigenvalue weighted by molar-refractivity contribution is 5.73. The van der Waals surface area contributed by atoms with Crippen molar-refractivity contribution in [3.05, 3.63) is 70.8 Å². The molecule has 0 amide bonds. The summed E-state index contributed by atoms with van der Waals surface area (Å²) in [6.45, 7) is 4.66. The molecule has 0 radical (unpaired) electrons. The van der Waals surface area contributed by atoms with Crippen LogP contribution in [-0.2, 0) is 17.8 Å². The van der Waals surface area contributed by atoms with Gasteiger partial charge < -0.3 is 10.4 Å². The van der Waals surface area contributed by atoms with Gasteiger partial charge in [0.25, 0.3) is 0 Å². The Hall–Kier alpha value is -2.13. The van der Waals surface area contributed by atoms with Crippen molar-refractivity contribution in [1.29, 1.82) is 0 Å². The molecule has 1 atom stereocenters. The van der Waals surface area contributed by atoms with E-state index in [2.05, 4.69) is 37.4 Å².